The Kier molecular flexibility index (Phi) is 4.78. The van der Waals surface area contributed by atoms with Gasteiger partial charge in [-0.05, 0) is 82.2 Å². The lowest BCUT2D eigenvalue weighted by Crippen LogP contribution is -2.02. The Bertz CT molecular complexity index is 3650. The fraction of sp³-hybridized carbons (Fsp3) is 0. The lowest BCUT2D eigenvalue weighted by atomic mass is 9.95. The van der Waals surface area contributed by atoms with Crippen LogP contribution in [0.5, 0.6) is 0 Å². The number of hydrogen-bond acceptors (Lipinski definition) is 5. The van der Waals surface area contributed by atoms with E-state index in [-0.39, 0.29) is 0 Å². The van der Waals surface area contributed by atoms with Crippen LogP contribution in [0.15, 0.2) is 153 Å². The second-order valence-electron chi connectivity index (χ2n) is 13.7. The second kappa shape index (κ2) is 9.33. The molecular formula is C46H23N3O3. The number of aromatic nitrogens is 3. The van der Waals surface area contributed by atoms with Crippen molar-refractivity contribution in [3.8, 4) is 17.2 Å². The van der Waals surface area contributed by atoms with Crippen LogP contribution in [-0.2, 0) is 0 Å². The Morgan fingerprint density at radius 3 is 1.83 bits per heavy atom. The molecule has 0 aliphatic heterocycles. The van der Waals surface area contributed by atoms with Crippen molar-refractivity contribution in [2.24, 2.45) is 0 Å². The molecule has 0 amide bonds. The van der Waals surface area contributed by atoms with Gasteiger partial charge in [0.1, 0.15) is 39.1 Å². The highest BCUT2D eigenvalue weighted by molar-refractivity contribution is 6.38. The lowest BCUT2D eigenvalue weighted by molar-refractivity contribution is 0.666. The maximum atomic E-state index is 6.58. The smallest absolute Gasteiger partial charge is 0.236 e. The second-order valence-corrected chi connectivity index (χ2v) is 13.7. The summed E-state index contributed by atoms with van der Waals surface area (Å²) in [6.45, 7) is 0. The first kappa shape index (κ1) is 26.7. The topological polar surface area (TPSA) is 70.1 Å². The van der Waals surface area contributed by atoms with Gasteiger partial charge in [-0.15, -0.1) is 0 Å². The summed E-state index contributed by atoms with van der Waals surface area (Å²) in [6.07, 6.45) is 0. The van der Waals surface area contributed by atoms with Crippen LogP contribution in [0, 0.1) is 0 Å². The SMILES string of the molecule is c1ccc2c(c1)oc1ccc(-c3nc(-n4c5cccc6c7ccccc7c7cccc8oc9ccc4c(c9c87)c65)nc4c3oc3ccccc34)cc12. The van der Waals surface area contributed by atoms with Crippen molar-refractivity contribution < 1.29 is 13.3 Å². The molecule has 6 nitrogen and oxygen atoms in total. The quantitative estimate of drug-likeness (QED) is 0.184. The summed E-state index contributed by atoms with van der Waals surface area (Å²) in [5, 5.41) is 12.3. The Balaban J connectivity index is 1.22. The molecule has 52 heavy (non-hydrogen) atoms. The first-order valence-electron chi connectivity index (χ1n) is 17.4. The van der Waals surface area contributed by atoms with Gasteiger partial charge in [-0.3, -0.25) is 4.57 Å². The molecule has 0 aliphatic carbocycles. The fourth-order valence-corrected chi connectivity index (χ4v) is 8.82. The summed E-state index contributed by atoms with van der Waals surface area (Å²) in [4.78, 5) is 10.8. The number of hydrogen-bond donors (Lipinski definition) is 0. The van der Waals surface area contributed by atoms with Crippen LogP contribution >= 0.6 is 0 Å². The third-order valence-electron chi connectivity index (χ3n) is 11.0. The van der Waals surface area contributed by atoms with E-state index in [0.29, 0.717) is 11.5 Å². The first-order valence-corrected chi connectivity index (χ1v) is 17.4. The number of nitrogens with zero attached hydrogens (tertiary/aromatic N) is 3. The van der Waals surface area contributed by atoms with Gasteiger partial charge in [0.15, 0.2) is 5.58 Å². The lowest BCUT2D eigenvalue weighted by Gasteiger charge is -2.09. The summed E-state index contributed by atoms with van der Waals surface area (Å²) >= 11 is 0. The van der Waals surface area contributed by atoms with Gasteiger partial charge >= 0.3 is 0 Å². The van der Waals surface area contributed by atoms with Crippen molar-refractivity contribution in [2.75, 3.05) is 0 Å². The van der Waals surface area contributed by atoms with Gasteiger partial charge in [0, 0.05) is 43.3 Å². The number of fused-ring (bicyclic) bond motifs is 9. The molecular weight excluding hydrogens is 643 g/mol. The largest absolute Gasteiger partial charge is 0.456 e. The van der Waals surface area contributed by atoms with E-state index in [4.69, 9.17) is 23.2 Å². The normalized spacial score (nSPS) is 12.6. The molecule has 0 atom stereocenters. The predicted molar refractivity (Wildman–Crippen MR) is 210 cm³/mol. The van der Waals surface area contributed by atoms with E-state index in [1.165, 1.54) is 21.5 Å². The van der Waals surface area contributed by atoms with Crippen LogP contribution in [0.2, 0.25) is 0 Å². The molecule has 13 rings (SSSR count). The van der Waals surface area contributed by atoms with Gasteiger partial charge in [-0.2, -0.15) is 0 Å². The Morgan fingerprint density at radius 1 is 0.385 bits per heavy atom. The monoisotopic (exact) mass is 665 g/mol. The van der Waals surface area contributed by atoms with Crippen molar-refractivity contribution in [3.05, 3.63) is 140 Å². The molecule has 0 saturated heterocycles. The number of benzene rings is 7. The molecule has 0 aliphatic rings. The molecule has 0 spiro atoms. The van der Waals surface area contributed by atoms with E-state index in [2.05, 4.69) is 102 Å². The van der Waals surface area contributed by atoms with Crippen molar-refractivity contribution >= 4 is 109 Å². The third kappa shape index (κ3) is 3.25. The Labute approximate surface area is 293 Å². The number of para-hydroxylation sites is 2. The van der Waals surface area contributed by atoms with E-state index in [0.717, 1.165) is 93.4 Å². The molecule has 240 valence electrons. The Morgan fingerprint density at radius 2 is 0.981 bits per heavy atom. The molecule has 0 unspecified atom stereocenters. The summed E-state index contributed by atoms with van der Waals surface area (Å²) in [5.74, 6) is 0.572. The maximum Gasteiger partial charge on any atom is 0.236 e. The molecule has 8 aromatic carbocycles. The van der Waals surface area contributed by atoms with Crippen LogP contribution < -0.4 is 0 Å². The molecule has 0 N–H and O–H groups in total. The minimum Gasteiger partial charge on any atom is -0.456 e. The molecule has 0 fully saturated rings. The standard InChI is InChI=1S/C46H23N3O3/c1-2-10-26-25(9-1)28-13-7-15-32-39(28)41-33(20-22-38-42(41)40-29(26)14-8-18-37(40)51-38)49(32)46-47-43(45-44(48-46)30-12-4-6-17-35(30)52-45)24-19-21-36-31(23-24)27-11-3-5-16-34(27)50-36/h1-23H. The van der Waals surface area contributed by atoms with Crippen LogP contribution in [-0.4, -0.2) is 14.5 Å². The molecule has 13 aromatic rings. The van der Waals surface area contributed by atoms with E-state index in [1.807, 2.05) is 42.5 Å². The molecule has 0 bridgehead atoms. The average molecular weight is 666 g/mol. The van der Waals surface area contributed by atoms with Gasteiger partial charge in [0.25, 0.3) is 0 Å². The summed E-state index contributed by atoms with van der Waals surface area (Å²) in [5.41, 5.74) is 9.30. The molecule has 0 radical (unpaired) electrons. The highest BCUT2D eigenvalue weighted by Crippen LogP contribution is 2.47. The zero-order valence-electron chi connectivity index (χ0n) is 27.3. The predicted octanol–water partition coefficient (Wildman–Crippen LogP) is 12.7. The van der Waals surface area contributed by atoms with Crippen molar-refractivity contribution in [3.63, 3.8) is 0 Å². The minimum absolute atomic E-state index is 0.572. The van der Waals surface area contributed by atoms with Crippen molar-refractivity contribution in [2.45, 2.75) is 0 Å². The van der Waals surface area contributed by atoms with E-state index >= 15 is 0 Å². The van der Waals surface area contributed by atoms with E-state index < -0.39 is 0 Å². The zero-order chi connectivity index (χ0) is 33.7. The summed E-state index contributed by atoms with van der Waals surface area (Å²) in [6, 6.07) is 48.3. The minimum atomic E-state index is 0.572. The van der Waals surface area contributed by atoms with Crippen LogP contribution in [0.1, 0.15) is 0 Å². The van der Waals surface area contributed by atoms with Crippen molar-refractivity contribution in [1.82, 2.24) is 14.5 Å². The van der Waals surface area contributed by atoms with Gasteiger partial charge < -0.3 is 13.3 Å². The van der Waals surface area contributed by atoms with Crippen LogP contribution in [0.3, 0.4) is 0 Å². The van der Waals surface area contributed by atoms with E-state index in [9.17, 15) is 0 Å². The van der Waals surface area contributed by atoms with Gasteiger partial charge in [-0.1, -0.05) is 78.9 Å². The number of furan rings is 3. The molecule has 6 heteroatoms. The number of rotatable bonds is 2. The molecule has 5 heterocycles. The van der Waals surface area contributed by atoms with Gasteiger partial charge in [-0.25, -0.2) is 9.97 Å². The van der Waals surface area contributed by atoms with Gasteiger partial charge in [0.05, 0.1) is 11.0 Å². The summed E-state index contributed by atoms with van der Waals surface area (Å²) < 4.78 is 21.6. The molecule has 5 aromatic heterocycles. The zero-order valence-corrected chi connectivity index (χ0v) is 27.3. The fourth-order valence-electron chi connectivity index (χ4n) is 8.82. The Hall–Kier alpha value is -7.18. The summed E-state index contributed by atoms with van der Waals surface area (Å²) in [7, 11) is 0. The maximum absolute atomic E-state index is 6.58. The highest BCUT2D eigenvalue weighted by atomic mass is 16.3. The average Bonchev–Trinajstić information content (AvgIpc) is 3.95. The van der Waals surface area contributed by atoms with Crippen LogP contribution in [0.4, 0.5) is 0 Å². The first-order chi connectivity index (χ1) is 25.8. The third-order valence-corrected chi connectivity index (χ3v) is 11.0. The van der Waals surface area contributed by atoms with Crippen LogP contribution in [0.25, 0.3) is 127 Å². The van der Waals surface area contributed by atoms with Gasteiger partial charge in [0.2, 0.25) is 5.95 Å². The van der Waals surface area contributed by atoms with Crippen molar-refractivity contribution in [1.29, 1.82) is 0 Å². The highest BCUT2D eigenvalue weighted by Gasteiger charge is 2.26. The molecule has 0 saturated carbocycles. The van der Waals surface area contributed by atoms with E-state index in [1.54, 1.807) is 0 Å².